The molecule has 1 aromatic heterocycles. The highest BCUT2D eigenvalue weighted by Gasteiger charge is 2.60. The minimum atomic E-state index is -1.20. The number of methoxy groups -OCH3 is 1. The molecule has 0 aliphatic carbocycles. The predicted octanol–water partition coefficient (Wildman–Crippen LogP) is 4.02. The molecule has 8 heteroatoms. The zero-order valence-corrected chi connectivity index (χ0v) is 17.5. The molecule has 1 fully saturated rings. The first-order valence-electron chi connectivity index (χ1n) is 9.79. The number of anilines is 1. The number of furan rings is 1. The predicted molar refractivity (Wildman–Crippen MR) is 114 cm³/mol. The number of hydrogen-bond acceptors (Lipinski definition) is 5. The van der Waals surface area contributed by atoms with Crippen molar-refractivity contribution in [1.82, 2.24) is 4.90 Å². The maximum absolute atomic E-state index is 13.9. The van der Waals surface area contributed by atoms with Gasteiger partial charge in [-0.3, -0.25) is 9.59 Å². The van der Waals surface area contributed by atoms with Crippen LogP contribution < -0.4 is 9.64 Å². The van der Waals surface area contributed by atoms with E-state index in [9.17, 15) is 14.0 Å². The Morgan fingerprint density at radius 1 is 1.23 bits per heavy atom. The second-order valence-corrected chi connectivity index (χ2v) is 8.62. The fourth-order valence-electron chi connectivity index (χ4n) is 4.18. The lowest BCUT2D eigenvalue weighted by molar-refractivity contribution is -0.123. The van der Waals surface area contributed by atoms with E-state index >= 15 is 0 Å². The molecule has 0 N–H and O–H groups in total. The van der Waals surface area contributed by atoms with Crippen molar-refractivity contribution in [3.05, 3.63) is 83.6 Å². The van der Waals surface area contributed by atoms with Gasteiger partial charge in [0.1, 0.15) is 11.6 Å². The molecule has 3 heterocycles. The van der Waals surface area contributed by atoms with Crippen LogP contribution in [0.15, 0.2) is 65.3 Å². The van der Waals surface area contributed by atoms with Gasteiger partial charge in [0.15, 0.2) is 10.6 Å². The molecule has 2 aliphatic rings. The van der Waals surface area contributed by atoms with Gasteiger partial charge in [0.2, 0.25) is 0 Å². The Labute approximate surface area is 182 Å². The van der Waals surface area contributed by atoms with Gasteiger partial charge < -0.3 is 19.0 Å². The summed E-state index contributed by atoms with van der Waals surface area (Å²) < 4.78 is 24.1. The Morgan fingerprint density at radius 2 is 2.03 bits per heavy atom. The summed E-state index contributed by atoms with van der Waals surface area (Å²) in [6.45, 7) is 0.681. The number of thioether (sulfide) groups is 1. The topological polar surface area (TPSA) is 63.0 Å². The second-order valence-electron chi connectivity index (χ2n) is 7.33. The smallest absolute Gasteiger partial charge is 0.291 e. The highest BCUT2D eigenvalue weighted by molar-refractivity contribution is 8.01. The fourth-order valence-corrected chi connectivity index (χ4v) is 5.64. The molecule has 158 valence electrons. The first-order valence-corrected chi connectivity index (χ1v) is 10.8. The third-order valence-corrected chi connectivity index (χ3v) is 7.05. The molecule has 1 spiro atoms. The van der Waals surface area contributed by atoms with Crippen LogP contribution in [0.5, 0.6) is 5.75 Å². The van der Waals surface area contributed by atoms with Crippen LogP contribution in [0.2, 0.25) is 0 Å². The van der Waals surface area contributed by atoms with E-state index in [-0.39, 0.29) is 29.9 Å². The number of amides is 2. The Bertz CT molecular complexity index is 1150. The number of nitrogens with zero attached hydrogens (tertiary/aromatic N) is 2. The Hall–Kier alpha value is -3.26. The van der Waals surface area contributed by atoms with Gasteiger partial charge in [0, 0.05) is 17.9 Å². The number of benzene rings is 2. The average molecular weight is 438 g/mol. The van der Waals surface area contributed by atoms with Crippen molar-refractivity contribution in [3.8, 4) is 5.75 Å². The third-order valence-electron chi connectivity index (χ3n) is 5.63. The summed E-state index contributed by atoms with van der Waals surface area (Å²) in [5.41, 5.74) is 2.21. The summed E-state index contributed by atoms with van der Waals surface area (Å²) >= 11 is 1.43. The van der Waals surface area contributed by atoms with E-state index in [1.54, 1.807) is 47.2 Å². The number of fused-ring (bicyclic) bond motifs is 2. The van der Waals surface area contributed by atoms with E-state index in [1.807, 2.05) is 12.1 Å². The Balaban J connectivity index is 1.61. The SMILES string of the molecule is COc1ccc2c(c1)[C@@]1(SCCN1C(=O)c1ccco1)C(=O)N2Cc1ccc(F)cc1. The molecular weight excluding hydrogens is 419 g/mol. The van der Waals surface area contributed by atoms with Gasteiger partial charge in [-0.05, 0) is 48.0 Å². The van der Waals surface area contributed by atoms with Crippen molar-refractivity contribution >= 4 is 29.3 Å². The second kappa shape index (κ2) is 7.46. The van der Waals surface area contributed by atoms with Crippen molar-refractivity contribution < 1.29 is 23.1 Å². The highest BCUT2D eigenvalue weighted by atomic mass is 32.2. The molecule has 0 saturated carbocycles. The Kier molecular flexibility index (Phi) is 4.74. The van der Waals surface area contributed by atoms with Crippen LogP contribution in [0, 0.1) is 5.82 Å². The standard InChI is InChI=1S/C23H19FN2O4S/c1-29-17-8-9-19-18(13-17)23(22(28)25(19)14-15-4-6-16(24)7-5-15)26(10-12-31-23)21(27)20-3-2-11-30-20/h2-9,11,13H,10,12,14H2,1H3/t23-/m1/s1. The van der Waals surface area contributed by atoms with Crippen LogP contribution in [0.3, 0.4) is 0 Å². The molecule has 1 atom stereocenters. The molecule has 2 amide bonds. The van der Waals surface area contributed by atoms with E-state index in [0.29, 0.717) is 29.3 Å². The molecule has 1 saturated heterocycles. The zero-order valence-electron chi connectivity index (χ0n) is 16.7. The quantitative estimate of drug-likeness (QED) is 0.616. The molecular formula is C23H19FN2O4S. The number of carbonyl (C=O) groups is 2. The lowest BCUT2D eigenvalue weighted by atomic mass is 10.0. The lowest BCUT2D eigenvalue weighted by Gasteiger charge is -2.32. The van der Waals surface area contributed by atoms with E-state index in [4.69, 9.17) is 9.15 Å². The molecule has 0 bridgehead atoms. The summed E-state index contributed by atoms with van der Waals surface area (Å²) in [5.74, 6) is 0.533. The normalized spacial score (nSPS) is 19.9. The number of carbonyl (C=O) groups excluding carboxylic acids is 2. The van der Waals surface area contributed by atoms with Crippen LogP contribution in [0.1, 0.15) is 21.7 Å². The molecule has 6 nitrogen and oxygen atoms in total. The summed E-state index contributed by atoms with van der Waals surface area (Å²) in [5, 5.41) is 0. The van der Waals surface area contributed by atoms with Crippen molar-refractivity contribution in [2.75, 3.05) is 24.3 Å². The summed E-state index contributed by atoms with van der Waals surface area (Å²) in [4.78, 5) is 29.2. The van der Waals surface area contributed by atoms with Crippen molar-refractivity contribution in [2.45, 2.75) is 11.4 Å². The maximum atomic E-state index is 13.9. The van der Waals surface area contributed by atoms with Crippen LogP contribution in [0.25, 0.3) is 0 Å². The van der Waals surface area contributed by atoms with E-state index in [0.717, 1.165) is 5.56 Å². The molecule has 0 unspecified atom stereocenters. The third kappa shape index (κ3) is 3.01. The number of ether oxygens (including phenoxy) is 1. The van der Waals surface area contributed by atoms with Crippen LogP contribution in [-0.4, -0.2) is 36.1 Å². The van der Waals surface area contributed by atoms with Crippen LogP contribution in [0.4, 0.5) is 10.1 Å². The van der Waals surface area contributed by atoms with Gasteiger partial charge in [-0.15, -0.1) is 11.8 Å². The monoisotopic (exact) mass is 438 g/mol. The van der Waals surface area contributed by atoms with E-state index in [2.05, 4.69) is 0 Å². The summed E-state index contributed by atoms with van der Waals surface area (Å²) in [6, 6.07) is 14.8. The van der Waals surface area contributed by atoms with Gasteiger partial charge >= 0.3 is 0 Å². The highest BCUT2D eigenvalue weighted by Crippen LogP contribution is 2.55. The first-order chi connectivity index (χ1) is 15.0. The van der Waals surface area contributed by atoms with Crippen molar-refractivity contribution in [2.24, 2.45) is 0 Å². The van der Waals surface area contributed by atoms with E-state index in [1.165, 1.54) is 30.2 Å². The fraction of sp³-hybridized carbons (Fsp3) is 0.217. The molecule has 2 aliphatic heterocycles. The largest absolute Gasteiger partial charge is 0.497 e. The van der Waals surface area contributed by atoms with Gasteiger partial charge in [-0.25, -0.2) is 4.39 Å². The molecule has 2 aromatic carbocycles. The van der Waals surface area contributed by atoms with E-state index < -0.39 is 4.87 Å². The molecule has 3 aromatic rings. The summed E-state index contributed by atoms with van der Waals surface area (Å²) in [6.07, 6.45) is 1.44. The van der Waals surface area contributed by atoms with Crippen LogP contribution in [-0.2, 0) is 16.2 Å². The first kappa shape index (κ1) is 19.7. The molecule has 31 heavy (non-hydrogen) atoms. The minimum Gasteiger partial charge on any atom is -0.497 e. The van der Waals surface area contributed by atoms with Gasteiger partial charge in [0.25, 0.3) is 11.8 Å². The molecule has 0 radical (unpaired) electrons. The number of rotatable bonds is 4. The van der Waals surface area contributed by atoms with Gasteiger partial charge in [-0.1, -0.05) is 12.1 Å². The van der Waals surface area contributed by atoms with Gasteiger partial charge in [-0.2, -0.15) is 0 Å². The zero-order chi connectivity index (χ0) is 21.6. The van der Waals surface area contributed by atoms with Crippen LogP contribution >= 0.6 is 11.8 Å². The number of hydrogen-bond donors (Lipinski definition) is 0. The van der Waals surface area contributed by atoms with Crippen molar-refractivity contribution in [3.63, 3.8) is 0 Å². The average Bonchev–Trinajstić information content (AvgIpc) is 3.52. The summed E-state index contributed by atoms with van der Waals surface area (Å²) in [7, 11) is 1.56. The lowest BCUT2D eigenvalue weighted by Crippen LogP contribution is -2.50. The maximum Gasteiger partial charge on any atom is 0.291 e. The molecule has 5 rings (SSSR count). The van der Waals surface area contributed by atoms with Crippen molar-refractivity contribution in [1.29, 1.82) is 0 Å². The Morgan fingerprint density at radius 3 is 2.74 bits per heavy atom. The number of halogens is 1. The minimum absolute atomic E-state index is 0.191. The van der Waals surface area contributed by atoms with Gasteiger partial charge in [0.05, 0.1) is 25.6 Å².